The average molecular weight is 503 g/mol. The number of pyridine rings is 1. The number of anilines is 1. The van der Waals surface area contributed by atoms with Gasteiger partial charge in [-0.15, -0.1) is 0 Å². The lowest BCUT2D eigenvalue weighted by molar-refractivity contribution is -0.132. The molecule has 182 valence electrons. The van der Waals surface area contributed by atoms with E-state index in [1.807, 2.05) is 6.07 Å². The zero-order valence-electron chi connectivity index (χ0n) is 20.0. The number of methoxy groups -OCH3 is 1. The number of fused-ring (bicyclic) bond motifs is 1. The molecule has 0 radical (unpaired) electrons. The van der Waals surface area contributed by atoms with Crippen LogP contribution in [0.2, 0.25) is 0 Å². The fraction of sp³-hybridized carbons (Fsp3) is 0.192. The number of ketones is 2. The van der Waals surface area contributed by atoms with Crippen molar-refractivity contribution in [2.45, 2.75) is 26.8 Å². The first-order valence-corrected chi connectivity index (χ1v) is 11.9. The highest BCUT2D eigenvalue weighted by molar-refractivity contribution is 7.18. The van der Waals surface area contributed by atoms with E-state index < -0.39 is 17.7 Å². The van der Waals surface area contributed by atoms with Crippen molar-refractivity contribution in [3.63, 3.8) is 0 Å². The lowest BCUT2D eigenvalue weighted by Gasteiger charge is -2.23. The molecule has 0 saturated carbocycles. The predicted molar refractivity (Wildman–Crippen MR) is 135 cm³/mol. The van der Waals surface area contributed by atoms with Crippen LogP contribution >= 0.6 is 11.3 Å². The van der Waals surface area contributed by atoms with Crippen molar-refractivity contribution in [1.82, 2.24) is 14.4 Å². The quantitative estimate of drug-likeness (QED) is 0.188. The summed E-state index contributed by atoms with van der Waals surface area (Å²) in [6.07, 6.45) is 1.73. The average Bonchev–Trinajstić information content (AvgIpc) is 3.49. The van der Waals surface area contributed by atoms with Gasteiger partial charge in [-0.2, -0.15) is 0 Å². The molecule has 1 fully saturated rings. The van der Waals surface area contributed by atoms with Gasteiger partial charge in [-0.3, -0.25) is 23.7 Å². The number of benzene rings is 1. The second-order valence-corrected chi connectivity index (χ2v) is 9.36. The van der Waals surface area contributed by atoms with E-state index in [9.17, 15) is 19.5 Å². The number of thiazole rings is 1. The summed E-state index contributed by atoms with van der Waals surface area (Å²) < 4.78 is 6.93. The topological polar surface area (TPSA) is 114 Å². The Morgan fingerprint density at radius 2 is 1.78 bits per heavy atom. The molecule has 1 saturated heterocycles. The minimum atomic E-state index is -0.977. The van der Waals surface area contributed by atoms with Crippen molar-refractivity contribution in [2.75, 3.05) is 12.0 Å². The van der Waals surface area contributed by atoms with E-state index >= 15 is 0 Å². The van der Waals surface area contributed by atoms with E-state index in [-0.39, 0.29) is 22.2 Å². The second-order valence-electron chi connectivity index (χ2n) is 8.38. The van der Waals surface area contributed by atoms with Crippen LogP contribution in [-0.4, -0.2) is 44.1 Å². The first-order chi connectivity index (χ1) is 17.2. The van der Waals surface area contributed by atoms with Crippen LogP contribution in [0.5, 0.6) is 5.75 Å². The Hall–Kier alpha value is -4.31. The fourth-order valence-electron chi connectivity index (χ4n) is 4.47. The van der Waals surface area contributed by atoms with Crippen LogP contribution < -0.4 is 9.64 Å². The standard InChI is InChI=1S/C26H22N4O5S/c1-13-20(29-12-6-5-7-18(29)27-13)22(32)19-21(16-8-10-17(35-4)11-9-16)30(25(34)23(19)33)26-28-14(2)24(36-26)15(3)31/h5-12,21,32H,1-4H3. The van der Waals surface area contributed by atoms with Gasteiger partial charge in [-0.25, -0.2) is 9.97 Å². The molecule has 4 aromatic rings. The molecule has 1 N–H and O–H groups in total. The van der Waals surface area contributed by atoms with Crippen molar-refractivity contribution in [3.05, 3.63) is 81.8 Å². The predicted octanol–water partition coefficient (Wildman–Crippen LogP) is 4.25. The second kappa shape index (κ2) is 8.72. The highest BCUT2D eigenvalue weighted by atomic mass is 32.1. The number of ether oxygens (including phenoxy) is 1. The van der Waals surface area contributed by atoms with Crippen LogP contribution in [0.3, 0.4) is 0 Å². The first-order valence-electron chi connectivity index (χ1n) is 11.1. The number of hydrogen-bond acceptors (Lipinski definition) is 8. The van der Waals surface area contributed by atoms with Gasteiger partial charge in [-0.05, 0) is 43.7 Å². The summed E-state index contributed by atoms with van der Waals surface area (Å²) in [6, 6.07) is 11.3. The number of carbonyl (C=O) groups excluding carboxylic acids is 3. The van der Waals surface area contributed by atoms with E-state index in [2.05, 4.69) is 9.97 Å². The molecule has 1 atom stereocenters. The molecule has 1 unspecified atom stereocenters. The molecule has 1 aliphatic heterocycles. The van der Waals surface area contributed by atoms with Crippen LogP contribution in [0.15, 0.2) is 54.2 Å². The summed E-state index contributed by atoms with van der Waals surface area (Å²) in [7, 11) is 1.54. The van der Waals surface area contributed by atoms with Crippen LogP contribution in [0.25, 0.3) is 11.4 Å². The monoisotopic (exact) mass is 502 g/mol. The number of aliphatic hydroxyl groups is 1. The highest BCUT2D eigenvalue weighted by Crippen LogP contribution is 2.44. The number of aromatic nitrogens is 3. The van der Waals surface area contributed by atoms with Gasteiger partial charge in [-0.1, -0.05) is 29.5 Å². The Morgan fingerprint density at radius 1 is 1.06 bits per heavy atom. The van der Waals surface area contributed by atoms with Crippen molar-refractivity contribution < 1.29 is 24.2 Å². The normalized spacial score (nSPS) is 17.2. The Labute approximate surface area is 210 Å². The van der Waals surface area contributed by atoms with Gasteiger partial charge in [0.25, 0.3) is 5.78 Å². The third-order valence-corrected chi connectivity index (χ3v) is 7.37. The molecule has 10 heteroatoms. The van der Waals surface area contributed by atoms with Gasteiger partial charge in [0.05, 0.1) is 35.0 Å². The summed E-state index contributed by atoms with van der Waals surface area (Å²) in [4.78, 5) is 49.5. The Kier molecular flexibility index (Phi) is 5.68. The van der Waals surface area contributed by atoms with E-state index in [0.717, 1.165) is 11.3 Å². The van der Waals surface area contributed by atoms with Gasteiger partial charge in [0.1, 0.15) is 17.1 Å². The number of nitrogens with zero attached hydrogens (tertiary/aromatic N) is 4. The van der Waals surface area contributed by atoms with Crippen LogP contribution in [-0.2, 0) is 9.59 Å². The van der Waals surface area contributed by atoms with E-state index in [0.29, 0.717) is 38.9 Å². The third kappa shape index (κ3) is 3.57. The van der Waals surface area contributed by atoms with Crippen LogP contribution in [0.4, 0.5) is 5.13 Å². The molecule has 0 aliphatic carbocycles. The fourth-order valence-corrected chi connectivity index (χ4v) is 5.46. The molecule has 1 aromatic carbocycles. The Morgan fingerprint density at radius 3 is 2.42 bits per heavy atom. The number of Topliss-reactive ketones (excluding diaryl/α,β-unsaturated/α-hetero) is 2. The van der Waals surface area contributed by atoms with Gasteiger partial charge in [0.2, 0.25) is 0 Å². The summed E-state index contributed by atoms with van der Waals surface area (Å²) in [6.45, 7) is 4.83. The Balaban J connectivity index is 1.77. The largest absolute Gasteiger partial charge is 0.505 e. The summed E-state index contributed by atoms with van der Waals surface area (Å²) in [5.74, 6) is -1.62. The summed E-state index contributed by atoms with van der Waals surface area (Å²) in [5.41, 5.74) is 2.37. The zero-order valence-corrected chi connectivity index (χ0v) is 20.8. The van der Waals surface area contributed by atoms with Crippen LogP contribution in [0, 0.1) is 13.8 Å². The number of imidazole rings is 1. The van der Waals surface area contributed by atoms with E-state index in [1.54, 1.807) is 60.8 Å². The summed E-state index contributed by atoms with van der Waals surface area (Å²) in [5, 5.41) is 11.7. The lowest BCUT2D eigenvalue weighted by atomic mass is 9.96. The number of rotatable bonds is 5. The maximum Gasteiger partial charge on any atom is 0.301 e. The minimum Gasteiger partial charge on any atom is -0.505 e. The third-order valence-electron chi connectivity index (χ3n) is 6.12. The maximum absolute atomic E-state index is 13.5. The van der Waals surface area contributed by atoms with E-state index in [1.165, 1.54) is 18.9 Å². The van der Waals surface area contributed by atoms with Crippen molar-refractivity contribution in [3.8, 4) is 5.75 Å². The van der Waals surface area contributed by atoms with Crippen molar-refractivity contribution in [2.24, 2.45) is 0 Å². The minimum absolute atomic E-state index is 0.0869. The maximum atomic E-state index is 13.5. The van der Waals surface area contributed by atoms with Gasteiger partial charge < -0.3 is 9.84 Å². The highest BCUT2D eigenvalue weighted by Gasteiger charge is 2.48. The van der Waals surface area contributed by atoms with Crippen molar-refractivity contribution >= 4 is 45.3 Å². The molecule has 1 aliphatic rings. The van der Waals surface area contributed by atoms with Crippen molar-refractivity contribution in [1.29, 1.82) is 0 Å². The number of amides is 1. The molecule has 1 amide bonds. The molecule has 36 heavy (non-hydrogen) atoms. The lowest BCUT2D eigenvalue weighted by Crippen LogP contribution is -2.29. The molecule has 9 nitrogen and oxygen atoms in total. The van der Waals surface area contributed by atoms with E-state index in [4.69, 9.17) is 4.74 Å². The molecule has 4 heterocycles. The smallest absolute Gasteiger partial charge is 0.301 e. The van der Waals surface area contributed by atoms with Gasteiger partial charge >= 0.3 is 5.91 Å². The molecule has 0 spiro atoms. The molecule has 0 bridgehead atoms. The molecular formula is C26H22N4O5S. The number of aryl methyl sites for hydroxylation is 2. The Bertz CT molecular complexity index is 1580. The molecular weight excluding hydrogens is 480 g/mol. The number of hydrogen-bond donors (Lipinski definition) is 1. The summed E-state index contributed by atoms with van der Waals surface area (Å²) >= 11 is 1.04. The molecule has 5 rings (SSSR count). The zero-order chi connectivity index (χ0) is 25.7. The number of aliphatic hydroxyl groups excluding tert-OH is 1. The molecule has 3 aromatic heterocycles. The number of carbonyl (C=O) groups is 3. The van der Waals surface area contributed by atoms with Gasteiger partial charge in [0, 0.05) is 13.1 Å². The van der Waals surface area contributed by atoms with Crippen LogP contribution in [0.1, 0.15) is 45.3 Å². The van der Waals surface area contributed by atoms with Gasteiger partial charge in [0.15, 0.2) is 16.7 Å². The first kappa shape index (κ1) is 23.4. The SMILES string of the molecule is COc1ccc(C2C(=C(O)c3c(C)nc4ccccn34)C(=O)C(=O)N2c2nc(C)c(C(C)=O)s2)cc1.